The van der Waals surface area contributed by atoms with Crippen LogP contribution in [0, 0.1) is 0 Å². The average Bonchev–Trinajstić information content (AvgIpc) is 2.02. The summed E-state index contributed by atoms with van der Waals surface area (Å²) in [5, 5.41) is 4.89. The van der Waals surface area contributed by atoms with E-state index in [2.05, 4.69) is 55.7 Å². The molecule has 1 aliphatic rings. The average molecular weight is 192 g/mol. The Balaban J connectivity index is 2.58. The van der Waals surface area contributed by atoms with Gasteiger partial charge in [0.2, 0.25) is 0 Å². The summed E-state index contributed by atoms with van der Waals surface area (Å²) in [6, 6.07) is 8.60. The standard InChI is InChI=1S/C11H15NP/c1-9-8-13(2,3)11-7-5-4-6-10(11)12-9/h4-8,12H,1-3H3/q+1. The van der Waals surface area contributed by atoms with Gasteiger partial charge in [-0.1, -0.05) is 12.1 Å². The van der Waals surface area contributed by atoms with Crippen molar-refractivity contribution in [2.24, 2.45) is 0 Å². The molecule has 1 heterocycles. The van der Waals surface area contributed by atoms with Crippen molar-refractivity contribution < 1.29 is 0 Å². The lowest BCUT2D eigenvalue weighted by molar-refractivity contribution is 1.38. The van der Waals surface area contributed by atoms with Crippen LogP contribution < -0.4 is 10.6 Å². The van der Waals surface area contributed by atoms with Crippen molar-refractivity contribution in [2.45, 2.75) is 6.92 Å². The predicted molar refractivity (Wildman–Crippen MR) is 62.2 cm³/mol. The van der Waals surface area contributed by atoms with Gasteiger partial charge in [0.15, 0.2) is 0 Å². The summed E-state index contributed by atoms with van der Waals surface area (Å²) in [6.07, 6.45) is 0. The Kier molecular flexibility index (Phi) is 1.92. The maximum atomic E-state index is 3.40. The van der Waals surface area contributed by atoms with E-state index in [1.54, 1.807) is 0 Å². The number of fused-ring (bicyclic) bond motifs is 1. The molecule has 0 saturated heterocycles. The summed E-state index contributed by atoms with van der Waals surface area (Å²) in [4.78, 5) is 0. The van der Waals surface area contributed by atoms with Crippen molar-refractivity contribution in [1.82, 2.24) is 0 Å². The van der Waals surface area contributed by atoms with Gasteiger partial charge in [0, 0.05) is 5.70 Å². The largest absolute Gasteiger partial charge is 0.353 e. The molecule has 0 aliphatic carbocycles. The van der Waals surface area contributed by atoms with Crippen LogP contribution in [0.25, 0.3) is 0 Å². The molecule has 0 fully saturated rings. The number of para-hydroxylation sites is 1. The fourth-order valence-corrected chi connectivity index (χ4v) is 4.27. The third-order valence-electron chi connectivity index (χ3n) is 2.37. The molecular weight excluding hydrogens is 177 g/mol. The van der Waals surface area contributed by atoms with Crippen LogP contribution in [0.4, 0.5) is 5.69 Å². The van der Waals surface area contributed by atoms with Gasteiger partial charge in [0.05, 0.1) is 32.1 Å². The molecule has 1 aromatic carbocycles. The highest BCUT2D eigenvalue weighted by Gasteiger charge is 2.32. The van der Waals surface area contributed by atoms with E-state index in [1.165, 1.54) is 16.7 Å². The molecular formula is C11H15NP+. The Morgan fingerprint density at radius 3 is 2.62 bits per heavy atom. The minimum atomic E-state index is -1.01. The minimum absolute atomic E-state index is 1.01. The van der Waals surface area contributed by atoms with Crippen LogP contribution in [0.3, 0.4) is 0 Å². The van der Waals surface area contributed by atoms with Crippen molar-refractivity contribution in [3.05, 3.63) is 35.8 Å². The lowest BCUT2D eigenvalue weighted by Crippen LogP contribution is -2.18. The van der Waals surface area contributed by atoms with Gasteiger partial charge in [-0.25, -0.2) is 0 Å². The first-order valence-electron chi connectivity index (χ1n) is 4.49. The van der Waals surface area contributed by atoms with Crippen molar-refractivity contribution in [2.75, 3.05) is 18.6 Å². The minimum Gasteiger partial charge on any atom is -0.353 e. The SMILES string of the molecule is CC1=C[P+](C)(C)c2ccccc2N1. The van der Waals surface area contributed by atoms with Crippen molar-refractivity contribution in [3.63, 3.8) is 0 Å². The third kappa shape index (κ3) is 1.49. The second kappa shape index (κ2) is 2.85. The summed E-state index contributed by atoms with van der Waals surface area (Å²) in [5.74, 6) is 2.38. The van der Waals surface area contributed by atoms with E-state index in [-0.39, 0.29) is 0 Å². The highest BCUT2D eigenvalue weighted by atomic mass is 31.2. The Hall–Kier alpha value is -0.810. The van der Waals surface area contributed by atoms with Crippen LogP contribution in [-0.4, -0.2) is 13.3 Å². The van der Waals surface area contributed by atoms with Gasteiger partial charge in [-0.05, 0) is 19.1 Å². The number of benzene rings is 1. The zero-order chi connectivity index (χ0) is 9.47. The molecule has 2 rings (SSSR count). The molecule has 68 valence electrons. The number of anilines is 1. The Morgan fingerprint density at radius 2 is 1.85 bits per heavy atom. The molecule has 0 amide bonds. The van der Waals surface area contributed by atoms with E-state index in [0.29, 0.717) is 0 Å². The van der Waals surface area contributed by atoms with Crippen LogP contribution in [0.1, 0.15) is 6.92 Å². The van der Waals surface area contributed by atoms with Crippen LogP contribution >= 0.6 is 7.26 Å². The van der Waals surface area contributed by atoms with Gasteiger partial charge in [-0.15, -0.1) is 0 Å². The van der Waals surface area contributed by atoms with Crippen LogP contribution in [0.15, 0.2) is 35.8 Å². The number of nitrogens with one attached hydrogen (secondary N) is 1. The van der Waals surface area contributed by atoms with Gasteiger partial charge in [-0.3, -0.25) is 0 Å². The summed E-state index contributed by atoms with van der Waals surface area (Å²) < 4.78 is 0. The smallest absolute Gasteiger partial charge is 0.121 e. The van der Waals surface area contributed by atoms with Crippen LogP contribution in [0.2, 0.25) is 0 Å². The number of rotatable bonds is 0. The van der Waals surface area contributed by atoms with E-state index in [0.717, 1.165) is 0 Å². The second-order valence-corrected chi connectivity index (χ2v) is 7.81. The summed E-state index contributed by atoms with van der Waals surface area (Å²) >= 11 is 0. The topological polar surface area (TPSA) is 12.0 Å². The maximum absolute atomic E-state index is 3.40. The molecule has 0 spiro atoms. The molecule has 0 saturated carbocycles. The first kappa shape index (κ1) is 8.77. The molecule has 0 aromatic heterocycles. The van der Waals surface area contributed by atoms with Crippen LogP contribution in [0.5, 0.6) is 0 Å². The molecule has 1 nitrogen and oxygen atoms in total. The molecule has 13 heavy (non-hydrogen) atoms. The first-order chi connectivity index (χ1) is 6.09. The molecule has 0 radical (unpaired) electrons. The molecule has 1 N–H and O–H groups in total. The van der Waals surface area contributed by atoms with E-state index < -0.39 is 7.26 Å². The van der Waals surface area contributed by atoms with Crippen molar-refractivity contribution >= 4 is 18.3 Å². The first-order valence-corrected chi connectivity index (χ1v) is 7.24. The fourth-order valence-electron chi connectivity index (χ4n) is 1.88. The fraction of sp³-hybridized carbons (Fsp3) is 0.273. The summed E-state index contributed by atoms with van der Waals surface area (Å²) in [7, 11) is -1.01. The Labute approximate surface area is 80.2 Å². The molecule has 0 atom stereocenters. The van der Waals surface area contributed by atoms with Gasteiger partial charge < -0.3 is 5.32 Å². The number of hydrogen-bond donors (Lipinski definition) is 1. The summed E-state index contributed by atoms with van der Waals surface area (Å²) in [6.45, 7) is 6.85. The lowest BCUT2D eigenvalue weighted by Gasteiger charge is -2.23. The number of hydrogen-bond acceptors (Lipinski definition) is 1. The Bertz CT molecular complexity index is 366. The zero-order valence-corrected chi connectivity index (χ0v) is 9.23. The van der Waals surface area contributed by atoms with E-state index >= 15 is 0 Å². The normalized spacial score (nSPS) is 18.5. The molecule has 0 unspecified atom stereocenters. The van der Waals surface area contributed by atoms with Gasteiger partial charge >= 0.3 is 0 Å². The highest BCUT2D eigenvalue weighted by molar-refractivity contribution is 7.84. The molecule has 0 bridgehead atoms. The maximum Gasteiger partial charge on any atom is 0.121 e. The van der Waals surface area contributed by atoms with E-state index in [9.17, 15) is 0 Å². The van der Waals surface area contributed by atoms with Crippen molar-refractivity contribution in [1.29, 1.82) is 0 Å². The van der Waals surface area contributed by atoms with E-state index in [1.807, 2.05) is 0 Å². The number of allylic oxidation sites excluding steroid dienone is 1. The monoisotopic (exact) mass is 192 g/mol. The molecule has 1 aromatic rings. The summed E-state index contributed by atoms with van der Waals surface area (Å²) in [5.41, 5.74) is 2.58. The second-order valence-electron chi connectivity index (χ2n) is 3.99. The quantitative estimate of drug-likeness (QED) is 0.623. The van der Waals surface area contributed by atoms with Gasteiger partial charge in [0.25, 0.3) is 0 Å². The predicted octanol–water partition coefficient (Wildman–Crippen LogP) is 2.88. The van der Waals surface area contributed by atoms with Gasteiger partial charge in [-0.2, -0.15) is 0 Å². The Morgan fingerprint density at radius 1 is 1.15 bits per heavy atom. The molecule has 1 aliphatic heterocycles. The lowest BCUT2D eigenvalue weighted by atomic mass is 10.3. The zero-order valence-electron chi connectivity index (χ0n) is 8.33. The third-order valence-corrected chi connectivity index (χ3v) is 5.04. The van der Waals surface area contributed by atoms with Gasteiger partial charge in [0.1, 0.15) is 5.30 Å². The van der Waals surface area contributed by atoms with Crippen molar-refractivity contribution in [3.8, 4) is 0 Å². The van der Waals surface area contributed by atoms with Crippen LogP contribution in [-0.2, 0) is 0 Å². The highest BCUT2D eigenvalue weighted by Crippen LogP contribution is 2.55. The van der Waals surface area contributed by atoms with E-state index in [4.69, 9.17) is 0 Å². The molecule has 2 heteroatoms.